The Labute approximate surface area is 80.4 Å². The summed E-state index contributed by atoms with van der Waals surface area (Å²) in [4.78, 5) is 11.2. The van der Waals surface area contributed by atoms with Crippen LogP contribution < -0.4 is 5.56 Å². The molecule has 3 heteroatoms. The SMILES string of the molecule is Cn1c(=O)ccc2cc(Cl)ccc21. The van der Waals surface area contributed by atoms with Crippen molar-refractivity contribution in [3.05, 3.63) is 45.7 Å². The van der Waals surface area contributed by atoms with Gasteiger partial charge in [-0.15, -0.1) is 0 Å². The van der Waals surface area contributed by atoms with Crippen LogP contribution in [0.5, 0.6) is 0 Å². The average molecular weight is 194 g/mol. The van der Waals surface area contributed by atoms with Crippen molar-refractivity contribution in [2.75, 3.05) is 0 Å². The van der Waals surface area contributed by atoms with Gasteiger partial charge in [-0.1, -0.05) is 11.6 Å². The number of benzene rings is 1. The van der Waals surface area contributed by atoms with Crippen LogP contribution in [0, 0.1) is 0 Å². The highest BCUT2D eigenvalue weighted by Gasteiger charge is 1.98. The van der Waals surface area contributed by atoms with Crippen molar-refractivity contribution >= 4 is 22.5 Å². The van der Waals surface area contributed by atoms with Crippen LogP contribution >= 0.6 is 11.6 Å². The smallest absolute Gasteiger partial charge is 0.250 e. The van der Waals surface area contributed by atoms with Crippen molar-refractivity contribution in [2.45, 2.75) is 0 Å². The zero-order valence-corrected chi connectivity index (χ0v) is 7.88. The molecule has 13 heavy (non-hydrogen) atoms. The molecule has 0 atom stereocenters. The Hall–Kier alpha value is -1.28. The summed E-state index contributed by atoms with van der Waals surface area (Å²) in [6.07, 6.45) is 0. The fourth-order valence-electron chi connectivity index (χ4n) is 1.36. The Bertz CT molecular complexity index is 516. The van der Waals surface area contributed by atoms with Crippen LogP contribution in [0.3, 0.4) is 0 Å². The number of pyridine rings is 1. The number of rotatable bonds is 0. The van der Waals surface area contributed by atoms with Gasteiger partial charge in [0.05, 0.1) is 5.52 Å². The first kappa shape index (κ1) is 8.32. The van der Waals surface area contributed by atoms with Crippen molar-refractivity contribution < 1.29 is 0 Å². The highest BCUT2D eigenvalue weighted by molar-refractivity contribution is 6.31. The van der Waals surface area contributed by atoms with Crippen LogP contribution in [-0.2, 0) is 7.05 Å². The number of fused-ring (bicyclic) bond motifs is 1. The van der Waals surface area contributed by atoms with Crippen molar-refractivity contribution in [3.63, 3.8) is 0 Å². The fraction of sp³-hybridized carbons (Fsp3) is 0.100. The molecule has 0 fully saturated rings. The lowest BCUT2D eigenvalue weighted by Gasteiger charge is -2.03. The van der Waals surface area contributed by atoms with E-state index in [0.717, 1.165) is 10.9 Å². The van der Waals surface area contributed by atoms with E-state index in [1.807, 2.05) is 12.1 Å². The summed E-state index contributed by atoms with van der Waals surface area (Å²) in [5.41, 5.74) is 0.895. The Morgan fingerprint density at radius 2 is 2.00 bits per heavy atom. The molecule has 1 aromatic heterocycles. The molecule has 0 spiro atoms. The largest absolute Gasteiger partial charge is 0.311 e. The lowest BCUT2D eigenvalue weighted by molar-refractivity contribution is 0.906. The second-order valence-corrected chi connectivity index (χ2v) is 3.37. The summed E-state index contributed by atoms with van der Waals surface area (Å²) >= 11 is 5.82. The maximum Gasteiger partial charge on any atom is 0.250 e. The molecule has 66 valence electrons. The molecule has 1 heterocycles. The van der Waals surface area contributed by atoms with Gasteiger partial charge in [0, 0.05) is 18.1 Å². The first-order chi connectivity index (χ1) is 6.18. The minimum absolute atomic E-state index is 0.00479. The monoisotopic (exact) mass is 193 g/mol. The summed E-state index contributed by atoms with van der Waals surface area (Å²) in [6, 6.07) is 8.79. The van der Waals surface area contributed by atoms with Gasteiger partial charge in [-0.3, -0.25) is 4.79 Å². The molecule has 2 rings (SSSR count). The van der Waals surface area contributed by atoms with E-state index in [1.54, 1.807) is 29.8 Å². The van der Waals surface area contributed by atoms with Crippen LogP contribution in [0.1, 0.15) is 0 Å². The Morgan fingerprint density at radius 1 is 1.23 bits per heavy atom. The number of halogens is 1. The van der Waals surface area contributed by atoms with Crippen molar-refractivity contribution in [1.82, 2.24) is 4.57 Å². The Morgan fingerprint density at radius 3 is 2.77 bits per heavy atom. The molecule has 0 amide bonds. The third-order valence-electron chi connectivity index (χ3n) is 2.09. The van der Waals surface area contributed by atoms with E-state index in [4.69, 9.17) is 11.6 Å². The van der Waals surface area contributed by atoms with E-state index in [2.05, 4.69) is 0 Å². The number of aryl methyl sites for hydroxylation is 1. The molecular weight excluding hydrogens is 186 g/mol. The van der Waals surface area contributed by atoms with Crippen LogP contribution in [0.25, 0.3) is 10.9 Å². The average Bonchev–Trinajstić information content (AvgIpc) is 2.12. The minimum atomic E-state index is -0.00479. The molecule has 2 aromatic rings. The van der Waals surface area contributed by atoms with Gasteiger partial charge in [-0.05, 0) is 29.7 Å². The van der Waals surface area contributed by atoms with E-state index in [-0.39, 0.29) is 5.56 Å². The molecule has 0 saturated heterocycles. The summed E-state index contributed by atoms with van der Waals surface area (Å²) in [5.74, 6) is 0. The molecule has 0 bridgehead atoms. The van der Waals surface area contributed by atoms with Gasteiger partial charge < -0.3 is 4.57 Å². The topological polar surface area (TPSA) is 22.0 Å². The van der Waals surface area contributed by atoms with Gasteiger partial charge in [0.1, 0.15) is 0 Å². The molecule has 0 saturated carbocycles. The molecule has 0 aliphatic carbocycles. The van der Waals surface area contributed by atoms with Crippen LogP contribution in [0.4, 0.5) is 0 Å². The zero-order chi connectivity index (χ0) is 9.42. The molecular formula is C10H8ClNO. The number of hydrogen-bond acceptors (Lipinski definition) is 1. The van der Waals surface area contributed by atoms with Crippen molar-refractivity contribution in [1.29, 1.82) is 0 Å². The number of aromatic nitrogens is 1. The van der Waals surface area contributed by atoms with Crippen LogP contribution in [0.2, 0.25) is 5.02 Å². The Balaban J connectivity index is 2.95. The first-order valence-electron chi connectivity index (χ1n) is 3.94. The van der Waals surface area contributed by atoms with E-state index in [1.165, 1.54) is 0 Å². The van der Waals surface area contributed by atoms with Gasteiger partial charge >= 0.3 is 0 Å². The van der Waals surface area contributed by atoms with Crippen LogP contribution in [0.15, 0.2) is 35.1 Å². The maximum atomic E-state index is 11.2. The number of hydrogen-bond donors (Lipinski definition) is 0. The second kappa shape index (κ2) is 2.89. The summed E-state index contributed by atoms with van der Waals surface area (Å²) < 4.78 is 1.60. The third kappa shape index (κ3) is 1.33. The predicted octanol–water partition coefficient (Wildman–Crippen LogP) is 2.19. The van der Waals surface area contributed by atoms with Crippen molar-refractivity contribution in [2.24, 2.45) is 7.05 Å². The maximum absolute atomic E-state index is 11.2. The molecule has 0 radical (unpaired) electrons. The van der Waals surface area contributed by atoms with E-state index < -0.39 is 0 Å². The predicted molar refractivity (Wildman–Crippen MR) is 54.2 cm³/mol. The van der Waals surface area contributed by atoms with Gasteiger partial charge in [-0.25, -0.2) is 0 Å². The van der Waals surface area contributed by atoms with Gasteiger partial charge in [0.15, 0.2) is 0 Å². The zero-order valence-electron chi connectivity index (χ0n) is 7.12. The second-order valence-electron chi connectivity index (χ2n) is 2.93. The summed E-state index contributed by atoms with van der Waals surface area (Å²) in [7, 11) is 1.75. The van der Waals surface area contributed by atoms with E-state index >= 15 is 0 Å². The quantitative estimate of drug-likeness (QED) is 0.629. The van der Waals surface area contributed by atoms with E-state index in [9.17, 15) is 4.79 Å². The van der Waals surface area contributed by atoms with E-state index in [0.29, 0.717) is 5.02 Å². The Kier molecular flexibility index (Phi) is 1.85. The first-order valence-corrected chi connectivity index (χ1v) is 4.31. The minimum Gasteiger partial charge on any atom is -0.311 e. The fourth-order valence-corrected chi connectivity index (χ4v) is 1.54. The van der Waals surface area contributed by atoms with Gasteiger partial charge in [0.25, 0.3) is 5.56 Å². The normalized spacial score (nSPS) is 10.6. The summed E-state index contributed by atoms with van der Waals surface area (Å²) in [5, 5.41) is 1.67. The highest BCUT2D eigenvalue weighted by Crippen LogP contribution is 2.16. The van der Waals surface area contributed by atoms with Crippen LogP contribution in [-0.4, -0.2) is 4.57 Å². The molecule has 0 aliphatic rings. The number of nitrogens with zero attached hydrogens (tertiary/aromatic N) is 1. The van der Waals surface area contributed by atoms with Crippen molar-refractivity contribution in [3.8, 4) is 0 Å². The molecule has 0 unspecified atom stereocenters. The van der Waals surface area contributed by atoms with Gasteiger partial charge in [0.2, 0.25) is 0 Å². The standard InChI is InChI=1S/C10H8ClNO/c1-12-9-4-3-8(11)6-7(9)2-5-10(12)13/h2-6H,1H3. The third-order valence-corrected chi connectivity index (χ3v) is 2.32. The molecule has 0 N–H and O–H groups in total. The van der Waals surface area contributed by atoms with Gasteiger partial charge in [-0.2, -0.15) is 0 Å². The molecule has 2 nitrogen and oxygen atoms in total. The highest BCUT2D eigenvalue weighted by atomic mass is 35.5. The molecule has 0 aliphatic heterocycles. The lowest BCUT2D eigenvalue weighted by atomic mass is 10.2. The molecule has 1 aromatic carbocycles. The summed E-state index contributed by atoms with van der Waals surface area (Å²) in [6.45, 7) is 0. The lowest BCUT2D eigenvalue weighted by Crippen LogP contribution is -2.14.